The first-order chi connectivity index (χ1) is 12.6. The Kier molecular flexibility index (Phi) is 4.34. The summed E-state index contributed by atoms with van der Waals surface area (Å²) >= 11 is 1.42. The number of ketones is 1. The molecule has 0 unspecified atom stereocenters. The molecule has 0 N–H and O–H groups in total. The summed E-state index contributed by atoms with van der Waals surface area (Å²) in [6.45, 7) is 0.349. The van der Waals surface area contributed by atoms with Gasteiger partial charge in [-0.2, -0.15) is 0 Å². The highest BCUT2D eigenvalue weighted by Crippen LogP contribution is 2.25. The Bertz CT molecular complexity index is 1090. The first kappa shape index (κ1) is 16.6. The van der Waals surface area contributed by atoms with Crippen molar-refractivity contribution in [2.45, 2.75) is 13.0 Å². The first-order valence-corrected chi connectivity index (χ1v) is 8.92. The highest BCUT2D eigenvalue weighted by molar-refractivity contribution is 7.09. The van der Waals surface area contributed by atoms with Gasteiger partial charge in [0.25, 0.3) is 0 Å². The van der Waals surface area contributed by atoms with E-state index >= 15 is 0 Å². The van der Waals surface area contributed by atoms with E-state index in [4.69, 9.17) is 0 Å². The second-order valence-electron chi connectivity index (χ2n) is 5.99. The van der Waals surface area contributed by atoms with Gasteiger partial charge in [-0.3, -0.25) is 4.79 Å². The van der Waals surface area contributed by atoms with E-state index in [9.17, 15) is 13.6 Å². The number of benzene rings is 2. The number of hydrogen-bond donors (Lipinski definition) is 0. The van der Waals surface area contributed by atoms with Crippen LogP contribution in [0, 0.1) is 11.6 Å². The van der Waals surface area contributed by atoms with Crippen LogP contribution in [0.5, 0.6) is 0 Å². The molecule has 26 heavy (non-hydrogen) atoms. The number of nitrogens with zero attached hydrogens (tertiary/aromatic N) is 2. The summed E-state index contributed by atoms with van der Waals surface area (Å²) in [5, 5.41) is 3.25. The summed E-state index contributed by atoms with van der Waals surface area (Å²) in [6.07, 6.45) is 3.58. The number of rotatable bonds is 5. The molecule has 0 aliphatic carbocycles. The average molecular weight is 368 g/mol. The van der Waals surface area contributed by atoms with Gasteiger partial charge in [0.05, 0.1) is 11.9 Å². The molecule has 0 aliphatic heterocycles. The number of Topliss-reactive ketones (excluding diaryl/α,β-unsaturated/α-hetero) is 1. The number of thiazole rings is 1. The second kappa shape index (κ2) is 6.80. The number of carbonyl (C=O) groups is 1. The fraction of sp³-hybridized carbons (Fsp3) is 0.100. The van der Waals surface area contributed by atoms with Crippen molar-refractivity contribution in [1.29, 1.82) is 0 Å². The van der Waals surface area contributed by atoms with E-state index < -0.39 is 0 Å². The molecule has 0 saturated carbocycles. The predicted octanol–water partition coefficient (Wildman–Crippen LogP) is 4.85. The molecule has 6 heteroatoms. The monoisotopic (exact) mass is 368 g/mol. The van der Waals surface area contributed by atoms with Crippen LogP contribution in [0.3, 0.4) is 0 Å². The zero-order chi connectivity index (χ0) is 18.1. The molecule has 0 fully saturated rings. The molecule has 0 spiro atoms. The highest BCUT2D eigenvalue weighted by atomic mass is 32.1. The number of halogens is 2. The van der Waals surface area contributed by atoms with Crippen LogP contribution in [0.2, 0.25) is 0 Å². The van der Waals surface area contributed by atoms with Crippen LogP contribution in [-0.4, -0.2) is 15.3 Å². The van der Waals surface area contributed by atoms with Gasteiger partial charge in [-0.15, -0.1) is 11.3 Å². The smallest absolute Gasteiger partial charge is 0.171 e. The Hall–Kier alpha value is -2.86. The van der Waals surface area contributed by atoms with E-state index in [1.54, 1.807) is 35.2 Å². The van der Waals surface area contributed by atoms with Gasteiger partial charge in [0.1, 0.15) is 16.6 Å². The lowest BCUT2D eigenvalue weighted by molar-refractivity contribution is 0.0994. The fourth-order valence-electron chi connectivity index (χ4n) is 3.02. The minimum Gasteiger partial charge on any atom is -0.342 e. The number of fused-ring (bicyclic) bond motifs is 1. The summed E-state index contributed by atoms with van der Waals surface area (Å²) in [5.41, 5.74) is 1.87. The molecule has 0 amide bonds. The lowest BCUT2D eigenvalue weighted by Crippen LogP contribution is -2.03. The third-order valence-electron chi connectivity index (χ3n) is 4.18. The molecule has 2 heterocycles. The maximum Gasteiger partial charge on any atom is 0.171 e. The first-order valence-electron chi connectivity index (χ1n) is 8.04. The van der Waals surface area contributed by atoms with Gasteiger partial charge < -0.3 is 4.57 Å². The Morgan fingerprint density at radius 1 is 1.12 bits per heavy atom. The summed E-state index contributed by atoms with van der Waals surface area (Å²) in [7, 11) is 0. The summed E-state index contributed by atoms with van der Waals surface area (Å²) < 4.78 is 29.0. The van der Waals surface area contributed by atoms with Gasteiger partial charge in [-0.1, -0.05) is 12.1 Å². The van der Waals surface area contributed by atoms with Gasteiger partial charge in [0.2, 0.25) is 0 Å². The zero-order valence-electron chi connectivity index (χ0n) is 13.7. The van der Waals surface area contributed by atoms with Crippen LogP contribution >= 0.6 is 11.3 Å². The Balaban J connectivity index is 1.75. The maximum atomic E-state index is 13.8. The quantitative estimate of drug-likeness (QED) is 0.472. The Labute approximate surface area is 152 Å². The van der Waals surface area contributed by atoms with Gasteiger partial charge in [-0.25, -0.2) is 13.8 Å². The van der Waals surface area contributed by atoms with Gasteiger partial charge >= 0.3 is 0 Å². The number of hydrogen-bond acceptors (Lipinski definition) is 3. The predicted molar refractivity (Wildman–Crippen MR) is 97.5 cm³/mol. The molecular weight excluding hydrogens is 354 g/mol. The molecule has 3 nitrogen and oxygen atoms in total. The van der Waals surface area contributed by atoms with E-state index in [1.807, 2.05) is 5.38 Å². The fourth-order valence-corrected chi connectivity index (χ4v) is 3.64. The van der Waals surface area contributed by atoms with Crippen molar-refractivity contribution in [3.05, 3.63) is 88.0 Å². The standard InChI is InChI=1S/C20H14F2N2OS/c21-14-3-1-2-13(8-14)11-24-12-17(16-5-4-15(22)9-18(16)24)19(25)10-20-23-6-7-26-20/h1-9,12H,10-11H2. The van der Waals surface area contributed by atoms with E-state index in [0.29, 0.717) is 23.0 Å². The topological polar surface area (TPSA) is 34.9 Å². The van der Waals surface area contributed by atoms with Crippen molar-refractivity contribution in [3.63, 3.8) is 0 Å². The van der Waals surface area contributed by atoms with E-state index in [2.05, 4.69) is 4.98 Å². The molecule has 0 saturated heterocycles. The van der Waals surface area contributed by atoms with E-state index in [-0.39, 0.29) is 23.8 Å². The highest BCUT2D eigenvalue weighted by Gasteiger charge is 2.17. The van der Waals surface area contributed by atoms with Crippen LogP contribution in [0.4, 0.5) is 8.78 Å². The molecule has 2 aromatic carbocycles. The van der Waals surface area contributed by atoms with Crippen molar-refractivity contribution in [3.8, 4) is 0 Å². The van der Waals surface area contributed by atoms with E-state index in [0.717, 1.165) is 10.6 Å². The second-order valence-corrected chi connectivity index (χ2v) is 6.97. The van der Waals surface area contributed by atoms with Crippen molar-refractivity contribution < 1.29 is 13.6 Å². The van der Waals surface area contributed by atoms with Crippen molar-refractivity contribution in [1.82, 2.24) is 9.55 Å². The van der Waals surface area contributed by atoms with Crippen molar-refractivity contribution in [2.75, 3.05) is 0 Å². The van der Waals surface area contributed by atoms with Crippen LogP contribution in [0.15, 0.2) is 60.2 Å². The molecule has 0 bridgehead atoms. The molecule has 0 aliphatic rings. The third-order valence-corrected chi connectivity index (χ3v) is 4.96. The molecular formula is C20H14F2N2OS. The molecule has 4 rings (SSSR count). The molecule has 2 aromatic heterocycles. The molecule has 0 radical (unpaired) electrons. The van der Waals surface area contributed by atoms with Crippen molar-refractivity contribution in [2.24, 2.45) is 0 Å². The Morgan fingerprint density at radius 2 is 1.96 bits per heavy atom. The van der Waals surface area contributed by atoms with Crippen LogP contribution in [0.25, 0.3) is 10.9 Å². The summed E-state index contributed by atoms with van der Waals surface area (Å²) in [6, 6.07) is 10.6. The maximum absolute atomic E-state index is 13.8. The lowest BCUT2D eigenvalue weighted by Gasteiger charge is -2.05. The number of carbonyl (C=O) groups excluding carboxylic acids is 1. The Morgan fingerprint density at radius 3 is 2.73 bits per heavy atom. The van der Waals surface area contributed by atoms with Crippen molar-refractivity contribution >= 4 is 28.0 Å². The molecule has 0 atom stereocenters. The minimum absolute atomic E-state index is 0.0745. The molecule has 4 aromatic rings. The number of aromatic nitrogens is 2. The van der Waals surface area contributed by atoms with Gasteiger partial charge in [-0.05, 0) is 35.9 Å². The average Bonchev–Trinajstić information content (AvgIpc) is 3.23. The van der Waals surface area contributed by atoms with Crippen LogP contribution in [-0.2, 0) is 13.0 Å². The lowest BCUT2D eigenvalue weighted by atomic mass is 10.1. The minimum atomic E-state index is -0.380. The van der Waals surface area contributed by atoms with E-state index in [1.165, 1.54) is 35.6 Å². The molecule has 130 valence electrons. The SMILES string of the molecule is O=C(Cc1nccs1)c1cn(Cc2cccc(F)c2)c2cc(F)ccc12. The van der Waals surface area contributed by atoms with Gasteiger partial charge in [0.15, 0.2) is 5.78 Å². The zero-order valence-corrected chi connectivity index (χ0v) is 14.5. The summed E-state index contributed by atoms with van der Waals surface area (Å²) in [5.74, 6) is -0.783. The largest absolute Gasteiger partial charge is 0.342 e. The van der Waals surface area contributed by atoms with Crippen LogP contribution in [0.1, 0.15) is 20.9 Å². The third kappa shape index (κ3) is 3.28. The normalized spacial score (nSPS) is 11.2. The van der Waals surface area contributed by atoms with Crippen LogP contribution < -0.4 is 0 Å². The van der Waals surface area contributed by atoms with Gasteiger partial charge in [0, 0.05) is 35.3 Å². The summed E-state index contributed by atoms with van der Waals surface area (Å²) in [4.78, 5) is 16.9.